The van der Waals surface area contributed by atoms with Gasteiger partial charge in [-0.2, -0.15) is 4.98 Å². The van der Waals surface area contributed by atoms with E-state index in [1.54, 1.807) is 13.8 Å². The Balaban J connectivity index is 1.08. The lowest BCUT2D eigenvalue weighted by Crippen LogP contribution is -2.28. The van der Waals surface area contributed by atoms with Crippen LogP contribution in [0, 0.1) is 5.92 Å². The predicted molar refractivity (Wildman–Crippen MR) is 147 cm³/mol. The monoisotopic (exact) mass is 559 g/mol. The molecule has 12 nitrogen and oxygen atoms in total. The maximum atomic E-state index is 12.5. The third kappa shape index (κ3) is 5.07. The Bertz CT molecular complexity index is 1630. The molecule has 4 aromatic rings. The van der Waals surface area contributed by atoms with Gasteiger partial charge in [0.15, 0.2) is 11.2 Å². The number of nitrogens with one attached hydrogen (secondary N) is 2. The molecule has 1 fully saturated rings. The standard InChI is InChI=1S/C29H29N5O7/c1-15(2)26(36)32-28-31-25-24(27(37)33-28)30-14-34(25)23-11-21(35)22(41-23)13-40-29(38)39-12-20-18-9-5-3-7-16(18)17-8-4-6-10-19(17)20/h3-10,14-15,20-23,35H,11-13H2,1-2H3,(H2,31,32,33,36,37)/t21-,22+,23+/m0/s1. The van der Waals surface area contributed by atoms with Crippen molar-refractivity contribution in [3.05, 3.63) is 76.3 Å². The second-order valence-electron chi connectivity index (χ2n) is 10.4. The first-order valence-electron chi connectivity index (χ1n) is 13.4. The molecule has 6 rings (SSSR count). The number of aromatic amines is 1. The van der Waals surface area contributed by atoms with E-state index in [0.717, 1.165) is 22.3 Å². The smallest absolute Gasteiger partial charge is 0.433 e. The summed E-state index contributed by atoms with van der Waals surface area (Å²) in [6.45, 7) is 3.31. The quantitative estimate of drug-likeness (QED) is 0.289. The van der Waals surface area contributed by atoms with Gasteiger partial charge in [-0.3, -0.25) is 24.5 Å². The number of nitrogens with zero attached hydrogens (tertiary/aromatic N) is 3. The maximum absolute atomic E-state index is 12.5. The highest BCUT2D eigenvalue weighted by Crippen LogP contribution is 2.44. The Morgan fingerprint density at radius 3 is 2.44 bits per heavy atom. The van der Waals surface area contributed by atoms with Crippen LogP contribution in [-0.4, -0.2) is 62.1 Å². The molecule has 1 aliphatic heterocycles. The number of aliphatic hydroxyl groups excluding tert-OH is 1. The summed E-state index contributed by atoms with van der Waals surface area (Å²) in [5.74, 6) is -0.743. The Morgan fingerprint density at radius 2 is 1.76 bits per heavy atom. The number of aromatic nitrogens is 4. The fraction of sp³-hybridized carbons (Fsp3) is 0.345. The Hall–Kier alpha value is -4.55. The first-order chi connectivity index (χ1) is 19.8. The Morgan fingerprint density at radius 1 is 1.10 bits per heavy atom. The number of anilines is 1. The van der Waals surface area contributed by atoms with Crippen LogP contribution >= 0.6 is 0 Å². The number of rotatable bonds is 7. The normalized spacial score (nSPS) is 19.8. The zero-order valence-corrected chi connectivity index (χ0v) is 22.4. The number of hydrogen-bond donors (Lipinski definition) is 3. The first kappa shape index (κ1) is 26.7. The third-order valence-corrected chi connectivity index (χ3v) is 7.41. The summed E-state index contributed by atoms with van der Waals surface area (Å²) in [7, 11) is 0. The van der Waals surface area contributed by atoms with Crippen molar-refractivity contribution in [3.8, 4) is 11.1 Å². The number of amides is 1. The average molecular weight is 560 g/mol. The Kier molecular flexibility index (Phi) is 7.01. The summed E-state index contributed by atoms with van der Waals surface area (Å²) < 4.78 is 18.2. The average Bonchev–Trinajstić information content (AvgIpc) is 3.64. The van der Waals surface area contributed by atoms with E-state index in [0.29, 0.717) is 0 Å². The van der Waals surface area contributed by atoms with Crippen molar-refractivity contribution in [1.29, 1.82) is 0 Å². The van der Waals surface area contributed by atoms with Gasteiger partial charge in [-0.15, -0.1) is 0 Å². The van der Waals surface area contributed by atoms with Crippen LogP contribution in [0.5, 0.6) is 0 Å². The van der Waals surface area contributed by atoms with E-state index in [-0.39, 0.29) is 54.5 Å². The highest BCUT2D eigenvalue weighted by atomic mass is 16.7. The van der Waals surface area contributed by atoms with E-state index in [2.05, 4.69) is 32.4 Å². The minimum atomic E-state index is -0.957. The van der Waals surface area contributed by atoms with Crippen LogP contribution in [0.4, 0.5) is 10.7 Å². The number of H-pyrrole nitrogens is 1. The number of fused-ring (bicyclic) bond motifs is 4. The van der Waals surface area contributed by atoms with Gasteiger partial charge >= 0.3 is 6.16 Å². The van der Waals surface area contributed by atoms with Crippen LogP contribution in [0.1, 0.15) is 43.5 Å². The second-order valence-corrected chi connectivity index (χ2v) is 10.4. The number of carbonyl (C=O) groups is 2. The molecule has 212 valence electrons. The van der Waals surface area contributed by atoms with Crippen LogP contribution in [0.25, 0.3) is 22.3 Å². The van der Waals surface area contributed by atoms with E-state index in [1.165, 1.54) is 10.9 Å². The summed E-state index contributed by atoms with van der Waals surface area (Å²) in [5, 5.41) is 13.2. The largest absolute Gasteiger partial charge is 0.508 e. The van der Waals surface area contributed by atoms with Gasteiger partial charge in [-0.1, -0.05) is 62.4 Å². The summed E-state index contributed by atoms with van der Waals surface area (Å²) in [6, 6.07) is 16.1. The van der Waals surface area contributed by atoms with Crippen molar-refractivity contribution in [2.75, 3.05) is 18.5 Å². The van der Waals surface area contributed by atoms with Crippen LogP contribution in [0.2, 0.25) is 0 Å². The molecule has 41 heavy (non-hydrogen) atoms. The second kappa shape index (κ2) is 10.8. The predicted octanol–water partition coefficient (Wildman–Crippen LogP) is 3.33. The third-order valence-electron chi connectivity index (χ3n) is 7.41. The first-order valence-corrected chi connectivity index (χ1v) is 13.4. The van der Waals surface area contributed by atoms with E-state index < -0.39 is 30.2 Å². The van der Waals surface area contributed by atoms with Gasteiger partial charge in [0.2, 0.25) is 11.9 Å². The molecule has 2 aliphatic rings. The zero-order valence-electron chi connectivity index (χ0n) is 22.4. The van der Waals surface area contributed by atoms with Crippen molar-refractivity contribution in [2.24, 2.45) is 5.92 Å². The van der Waals surface area contributed by atoms with Gasteiger partial charge in [0.05, 0.1) is 12.4 Å². The fourth-order valence-electron chi connectivity index (χ4n) is 5.28. The maximum Gasteiger partial charge on any atom is 0.508 e. The molecule has 0 radical (unpaired) electrons. The van der Waals surface area contributed by atoms with E-state index >= 15 is 0 Å². The lowest BCUT2D eigenvalue weighted by molar-refractivity contribution is -0.118. The topological polar surface area (TPSA) is 158 Å². The van der Waals surface area contributed by atoms with Gasteiger partial charge in [-0.05, 0) is 22.3 Å². The van der Waals surface area contributed by atoms with Crippen molar-refractivity contribution in [2.45, 2.75) is 44.6 Å². The molecular formula is C29H29N5O7. The molecule has 0 saturated carbocycles. The molecule has 2 aromatic heterocycles. The molecular weight excluding hydrogens is 530 g/mol. The number of ether oxygens (including phenoxy) is 3. The molecule has 12 heteroatoms. The molecule has 0 bridgehead atoms. The highest BCUT2D eigenvalue weighted by Gasteiger charge is 2.37. The van der Waals surface area contributed by atoms with Crippen molar-refractivity contribution in [1.82, 2.24) is 19.5 Å². The van der Waals surface area contributed by atoms with Gasteiger partial charge in [0.25, 0.3) is 5.56 Å². The van der Waals surface area contributed by atoms with E-state index in [1.807, 2.05) is 36.4 Å². The van der Waals surface area contributed by atoms with Gasteiger partial charge in [0.1, 0.15) is 25.5 Å². The lowest BCUT2D eigenvalue weighted by Gasteiger charge is -2.17. The number of hydrogen-bond acceptors (Lipinski definition) is 9. The number of aliphatic hydroxyl groups is 1. The summed E-state index contributed by atoms with van der Waals surface area (Å²) in [6.07, 6.45) is -1.85. The van der Waals surface area contributed by atoms with Crippen LogP contribution in [0.3, 0.4) is 0 Å². The fourth-order valence-corrected chi connectivity index (χ4v) is 5.28. The molecule has 1 saturated heterocycles. The molecule has 3 atom stereocenters. The Labute approximate surface area is 234 Å². The van der Waals surface area contributed by atoms with Gasteiger partial charge < -0.3 is 19.3 Å². The van der Waals surface area contributed by atoms with E-state index in [9.17, 15) is 19.5 Å². The van der Waals surface area contributed by atoms with Crippen LogP contribution in [0.15, 0.2) is 59.7 Å². The summed E-state index contributed by atoms with van der Waals surface area (Å²) in [5.41, 5.74) is 4.14. The minimum absolute atomic E-state index is 0.0170. The lowest BCUT2D eigenvalue weighted by atomic mass is 9.98. The molecule has 1 amide bonds. The summed E-state index contributed by atoms with van der Waals surface area (Å²) >= 11 is 0. The van der Waals surface area contributed by atoms with Crippen molar-refractivity contribution >= 4 is 29.2 Å². The highest BCUT2D eigenvalue weighted by molar-refractivity contribution is 5.91. The molecule has 3 N–H and O–H groups in total. The van der Waals surface area contributed by atoms with Gasteiger partial charge in [-0.25, -0.2) is 9.78 Å². The number of carbonyl (C=O) groups excluding carboxylic acids is 2. The number of benzene rings is 2. The van der Waals surface area contributed by atoms with Gasteiger partial charge in [0, 0.05) is 18.3 Å². The molecule has 0 unspecified atom stereocenters. The molecule has 3 heterocycles. The zero-order chi connectivity index (χ0) is 28.7. The summed E-state index contributed by atoms with van der Waals surface area (Å²) in [4.78, 5) is 48.0. The van der Waals surface area contributed by atoms with Crippen molar-refractivity contribution < 1.29 is 28.9 Å². The minimum Gasteiger partial charge on any atom is -0.433 e. The van der Waals surface area contributed by atoms with Crippen LogP contribution < -0.4 is 10.9 Å². The van der Waals surface area contributed by atoms with Crippen molar-refractivity contribution in [3.63, 3.8) is 0 Å². The molecule has 0 spiro atoms. The molecule has 1 aliphatic carbocycles. The number of imidazole rings is 1. The SMILES string of the molecule is CC(C)C(=O)Nc1nc2c(ncn2[C@H]2C[C@H](O)[C@@H](COC(=O)OCC3c4ccccc4-c4ccccc43)O2)c(=O)[nH]1. The molecule has 2 aromatic carbocycles. The van der Waals surface area contributed by atoms with E-state index in [4.69, 9.17) is 14.2 Å². The van der Waals surface area contributed by atoms with Crippen LogP contribution in [-0.2, 0) is 19.0 Å².